The third-order valence-corrected chi connectivity index (χ3v) is 6.85. The molecule has 2 aromatic rings. The van der Waals surface area contributed by atoms with Crippen molar-refractivity contribution in [1.82, 2.24) is 10.2 Å². The Kier molecular flexibility index (Phi) is 7.02. The number of benzene rings is 2. The Bertz CT molecular complexity index is 1000. The van der Waals surface area contributed by atoms with Crippen LogP contribution in [-0.4, -0.2) is 41.4 Å². The number of halogens is 3. The standard InChI is InChI=1S/C25H28F3N3O2/c26-20-13-22(28)21(27)11-16(20)12-23(29)17-9-18-6-7-19(10-17)31(18)25(33)14-30-24(32)8-15-4-2-1-3-5-15/h1-5,11,13,17-19,23H,6-10,12,14,29H2,(H,30,32). The van der Waals surface area contributed by atoms with Gasteiger partial charge >= 0.3 is 0 Å². The monoisotopic (exact) mass is 459 g/mol. The highest BCUT2D eigenvalue weighted by atomic mass is 19.2. The number of hydrogen-bond donors (Lipinski definition) is 2. The average molecular weight is 460 g/mol. The van der Waals surface area contributed by atoms with E-state index in [2.05, 4.69) is 5.32 Å². The average Bonchev–Trinajstić information content (AvgIpc) is 3.05. The van der Waals surface area contributed by atoms with Gasteiger partial charge in [0.15, 0.2) is 11.6 Å². The zero-order chi connectivity index (χ0) is 23.5. The van der Waals surface area contributed by atoms with Gasteiger partial charge in [0.05, 0.1) is 13.0 Å². The van der Waals surface area contributed by atoms with E-state index in [9.17, 15) is 22.8 Å². The number of nitrogens with one attached hydrogen (secondary N) is 1. The fraction of sp³-hybridized carbons (Fsp3) is 0.440. The lowest BCUT2D eigenvalue weighted by atomic mass is 9.82. The molecular formula is C25H28F3N3O2. The minimum Gasteiger partial charge on any atom is -0.347 e. The first-order valence-electron chi connectivity index (χ1n) is 11.3. The molecule has 2 heterocycles. The summed E-state index contributed by atoms with van der Waals surface area (Å²) in [5, 5.41) is 2.72. The molecular weight excluding hydrogens is 431 g/mol. The molecule has 2 aromatic carbocycles. The van der Waals surface area contributed by atoms with Crippen LogP contribution in [0.3, 0.4) is 0 Å². The van der Waals surface area contributed by atoms with Gasteiger partial charge in [-0.05, 0) is 55.2 Å². The first-order chi connectivity index (χ1) is 15.8. The Morgan fingerprint density at radius 2 is 1.64 bits per heavy atom. The van der Waals surface area contributed by atoms with Gasteiger partial charge in [-0.1, -0.05) is 30.3 Å². The van der Waals surface area contributed by atoms with Crippen LogP contribution in [0.25, 0.3) is 0 Å². The van der Waals surface area contributed by atoms with Crippen LogP contribution < -0.4 is 11.1 Å². The fourth-order valence-corrected chi connectivity index (χ4v) is 5.23. The lowest BCUT2D eigenvalue weighted by Gasteiger charge is -2.41. The van der Waals surface area contributed by atoms with E-state index in [-0.39, 0.29) is 54.8 Å². The van der Waals surface area contributed by atoms with Crippen molar-refractivity contribution in [3.05, 3.63) is 71.0 Å². The SMILES string of the molecule is NC(Cc1cc(F)c(F)cc1F)C1CC2CCC(C1)N2C(=O)CNC(=O)Cc1ccccc1. The molecule has 3 unspecified atom stereocenters. The molecule has 33 heavy (non-hydrogen) atoms. The van der Waals surface area contributed by atoms with E-state index < -0.39 is 23.5 Å². The van der Waals surface area contributed by atoms with E-state index in [1.165, 1.54) is 0 Å². The van der Waals surface area contributed by atoms with Crippen molar-refractivity contribution in [2.75, 3.05) is 6.54 Å². The van der Waals surface area contributed by atoms with Gasteiger partial charge in [0.25, 0.3) is 0 Å². The molecule has 0 saturated carbocycles. The molecule has 4 rings (SSSR count). The molecule has 0 radical (unpaired) electrons. The summed E-state index contributed by atoms with van der Waals surface area (Å²) in [6.07, 6.45) is 3.39. The van der Waals surface area contributed by atoms with Crippen LogP contribution >= 0.6 is 0 Å². The van der Waals surface area contributed by atoms with Gasteiger partial charge in [0.2, 0.25) is 11.8 Å². The summed E-state index contributed by atoms with van der Waals surface area (Å²) in [6, 6.07) is 10.4. The molecule has 0 aromatic heterocycles. The molecule has 2 bridgehead atoms. The van der Waals surface area contributed by atoms with E-state index >= 15 is 0 Å². The highest BCUT2D eigenvalue weighted by molar-refractivity contribution is 5.86. The molecule has 176 valence electrons. The van der Waals surface area contributed by atoms with Crippen molar-refractivity contribution in [2.24, 2.45) is 11.7 Å². The molecule has 0 aliphatic carbocycles. The Morgan fingerprint density at radius 1 is 1.00 bits per heavy atom. The highest BCUT2D eigenvalue weighted by Gasteiger charge is 2.44. The summed E-state index contributed by atoms with van der Waals surface area (Å²) < 4.78 is 40.7. The van der Waals surface area contributed by atoms with Crippen molar-refractivity contribution in [3.8, 4) is 0 Å². The number of nitrogens with two attached hydrogens (primary N) is 1. The molecule has 3 atom stereocenters. The third-order valence-electron chi connectivity index (χ3n) is 6.85. The quantitative estimate of drug-likeness (QED) is 0.625. The molecule has 5 nitrogen and oxygen atoms in total. The Morgan fingerprint density at radius 3 is 2.30 bits per heavy atom. The molecule has 2 fully saturated rings. The number of amides is 2. The molecule has 0 spiro atoms. The number of fused-ring (bicyclic) bond motifs is 2. The zero-order valence-electron chi connectivity index (χ0n) is 18.3. The summed E-state index contributed by atoms with van der Waals surface area (Å²) in [5.41, 5.74) is 7.29. The maximum atomic E-state index is 14.0. The summed E-state index contributed by atoms with van der Waals surface area (Å²) in [4.78, 5) is 26.9. The maximum absolute atomic E-state index is 14.0. The number of nitrogens with zero attached hydrogens (tertiary/aromatic N) is 1. The van der Waals surface area contributed by atoms with Crippen molar-refractivity contribution in [1.29, 1.82) is 0 Å². The van der Waals surface area contributed by atoms with E-state index in [4.69, 9.17) is 5.73 Å². The smallest absolute Gasteiger partial charge is 0.242 e. The van der Waals surface area contributed by atoms with Crippen LogP contribution in [0.1, 0.15) is 36.8 Å². The lowest BCUT2D eigenvalue weighted by molar-refractivity contribution is -0.137. The Labute approximate surface area is 191 Å². The maximum Gasteiger partial charge on any atom is 0.242 e. The van der Waals surface area contributed by atoms with E-state index in [1.807, 2.05) is 35.2 Å². The molecule has 3 N–H and O–H groups in total. The second kappa shape index (κ2) is 9.95. The first-order valence-corrected chi connectivity index (χ1v) is 11.3. The molecule has 8 heteroatoms. The second-order valence-corrected chi connectivity index (χ2v) is 9.08. The van der Waals surface area contributed by atoms with Crippen molar-refractivity contribution < 1.29 is 22.8 Å². The van der Waals surface area contributed by atoms with E-state index in [1.54, 1.807) is 0 Å². The van der Waals surface area contributed by atoms with Gasteiger partial charge in [0, 0.05) is 24.2 Å². The predicted octanol–water partition coefficient (Wildman–Crippen LogP) is 3.10. The van der Waals surface area contributed by atoms with Crippen LogP contribution in [0.4, 0.5) is 13.2 Å². The minimum atomic E-state index is -1.22. The molecule has 2 aliphatic heterocycles. The van der Waals surface area contributed by atoms with Gasteiger partial charge in [-0.15, -0.1) is 0 Å². The second-order valence-electron chi connectivity index (χ2n) is 9.08. The highest BCUT2D eigenvalue weighted by Crippen LogP contribution is 2.40. The lowest BCUT2D eigenvalue weighted by Crippen LogP contribution is -2.52. The topological polar surface area (TPSA) is 75.4 Å². The Hall–Kier alpha value is -2.87. The molecule has 2 saturated heterocycles. The number of hydrogen-bond acceptors (Lipinski definition) is 3. The molecule has 2 aliphatic rings. The van der Waals surface area contributed by atoms with Crippen molar-refractivity contribution in [2.45, 2.75) is 56.7 Å². The summed E-state index contributed by atoms with van der Waals surface area (Å²) in [6.45, 7) is -0.0462. The van der Waals surface area contributed by atoms with Crippen molar-refractivity contribution in [3.63, 3.8) is 0 Å². The Balaban J connectivity index is 1.31. The number of carbonyl (C=O) groups excluding carboxylic acids is 2. The van der Waals surface area contributed by atoms with Crippen LogP contribution in [0.2, 0.25) is 0 Å². The summed E-state index contributed by atoms with van der Waals surface area (Å²) >= 11 is 0. The molecule has 2 amide bonds. The number of rotatable bonds is 7. The van der Waals surface area contributed by atoms with E-state index in [0.717, 1.165) is 24.5 Å². The largest absolute Gasteiger partial charge is 0.347 e. The van der Waals surface area contributed by atoms with Crippen LogP contribution in [0.15, 0.2) is 42.5 Å². The predicted molar refractivity (Wildman–Crippen MR) is 118 cm³/mol. The number of piperidine rings is 1. The fourth-order valence-electron chi connectivity index (χ4n) is 5.23. The van der Waals surface area contributed by atoms with Crippen LogP contribution in [0, 0.1) is 23.4 Å². The van der Waals surface area contributed by atoms with Crippen LogP contribution in [0.5, 0.6) is 0 Å². The normalized spacial score (nSPS) is 22.8. The third kappa shape index (κ3) is 5.38. The summed E-state index contributed by atoms with van der Waals surface area (Å²) in [5.74, 6) is -3.37. The van der Waals surface area contributed by atoms with Crippen molar-refractivity contribution >= 4 is 11.8 Å². The van der Waals surface area contributed by atoms with Crippen LogP contribution in [-0.2, 0) is 22.4 Å². The van der Waals surface area contributed by atoms with E-state index in [0.29, 0.717) is 18.9 Å². The summed E-state index contributed by atoms with van der Waals surface area (Å²) in [7, 11) is 0. The van der Waals surface area contributed by atoms with Gasteiger partial charge < -0.3 is 16.0 Å². The van der Waals surface area contributed by atoms with Gasteiger partial charge in [-0.2, -0.15) is 0 Å². The zero-order valence-corrected chi connectivity index (χ0v) is 18.3. The van der Waals surface area contributed by atoms with Gasteiger partial charge in [0.1, 0.15) is 5.82 Å². The van der Waals surface area contributed by atoms with Gasteiger partial charge in [-0.25, -0.2) is 13.2 Å². The first kappa shape index (κ1) is 23.3. The minimum absolute atomic E-state index is 0.0214. The van der Waals surface area contributed by atoms with Gasteiger partial charge in [-0.3, -0.25) is 9.59 Å². The number of carbonyl (C=O) groups is 2.